The van der Waals surface area contributed by atoms with Crippen LogP contribution in [0.3, 0.4) is 0 Å². The lowest BCUT2D eigenvalue weighted by atomic mass is 10.1. The van der Waals surface area contributed by atoms with Crippen LogP contribution in [0, 0.1) is 0 Å². The van der Waals surface area contributed by atoms with Gasteiger partial charge in [0.05, 0.1) is 5.69 Å². The van der Waals surface area contributed by atoms with Crippen molar-refractivity contribution in [1.29, 1.82) is 0 Å². The summed E-state index contributed by atoms with van der Waals surface area (Å²) in [4.78, 5) is 42.5. The summed E-state index contributed by atoms with van der Waals surface area (Å²) < 4.78 is 1.38. The van der Waals surface area contributed by atoms with Crippen LogP contribution in [0.4, 0.5) is 0 Å². The molecule has 2 N–H and O–H groups in total. The fourth-order valence-electron chi connectivity index (χ4n) is 2.81. The first-order valence-corrected chi connectivity index (χ1v) is 7.97. The fourth-order valence-corrected chi connectivity index (χ4v) is 2.81. The van der Waals surface area contributed by atoms with E-state index in [9.17, 15) is 14.4 Å². The summed E-state index contributed by atoms with van der Waals surface area (Å²) in [5.41, 5.74) is 2.37. The Labute approximate surface area is 147 Å². The number of hydrogen-bond acceptors (Lipinski definition) is 4. The number of fused-ring (bicyclic) bond motifs is 2. The van der Waals surface area contributed by atoms with Crippen molar-refractivity contribution in [2.24, 2.45) is 0 Å². The van der Waals surface area contributed by atoms with Crippen LogP contribution in [0.25, 0.3) is 16.6 Å². The minimum absolute atomic E-state index is 0.0744. The first-order chi connectivity index (χ1) is 12.6. The first kappa shape index (κ1) is 15.8. The summed E-state index contributed by atoms with van der Waals surface area (Å²) in [7, 11) is 0. The first-order valence-electron chi connectivity index (χ1n) is 7.97. The third-order valence-electron chi connectivity index (χ3n) is 4.09. The highest BCUT2D eigenvalue weighted by Gasteiger charge is 2.10. The van der Waals surface area contributed by atoms with Crippen molar-refractivity contribution < 1.29 is 9.59 Å². The molecule has 0 fully saturated rings. The lowest BCUT2D eigenvalue weighted by Gasteiger charge is -2.06. The number of amides is 1. The average Bonchev–Trinajstić information content (AvgIpc) is 3.08. The predicted molar refractivity (Wildman–Crippen MR) is 96.3 cm³/mol. The summed E-state index contributed by atoms with van der Waals surface area (Å²) >= 11 is 0. The zero-order chi connectivity index (χ0) is 18.1. The van der Waals surface area contributed by atoms with E-state index in [-0.39, 0.29) is 17.8 Å². The zero-order valence-electron chi connectivity index (χ0n) is 13.6. The van der Waals surface area contributed by atoms with E-state index < -0.39 is 5.91 Å². The predicted octanol–water partition coefficient (Wildman–Crippen LogP) is 1.92. The lowest BCUT2D eigenvalue weighted by Crippen LogP contribution is -2.26. The highest BCUT2D eigenvalue weighted by Crippen LogP contribution is 2.16. The van der Waals surface area contributed by atoms with Gasteiger partial charge in [-0.25, -0.2) is 4.98 Å². The van der Waals surface area contributed by atoms with Crippen molar-refractivity contribution in [3.8, 4) is 0 Å². The van der Waals surface area contributed by atoms with Crippen LogP contribution in [-0.2, 0) is 6.54 Å². The summed E-state index contributed by atoms with van der Waals surface area (Å²) in [5.74, 6) is -0.423. The fraction of sp³-hybridized carbons (Fsp3) is 0.0526. The van der Waals surface area contributed by atoms with Crippen molar-refractivity contribution in [2.45, 2.75) is 6.54 Å². The van der Waals surface area contributed by atoms with Crippen molar-refractivity contribution in [3.63, 3.8) is 0 Å². The van der Waals surface area contributed by atoms with Crippen molar-refractivity contribution in [1.82, 2.24) is 19.7 Å². The van der Waals surface area contributed by atoms with E-state index >= 15 is 0 Å². The van der Waals surface area contributed by atoms with Crippen molar-refractivity contribution in [3.05, 3.63) is 82.0 Å². The van der Waals surface area contributed by atoms with Crippen LogP contribution in [0.1, 0.15) is 26.5 Å². The minimum atomic E-state index is -0.423. The number of benzene rings is 1. The average molecular weight is 346 g/mol. The number of hydrogen-bond donors (Lipinski definition) is 2. The van der Waals surface area contributed by atoms with Gasteiger partial charge in [0.15, 0.2) is 6.29 Å². The van der Waals surface area contributed by atoms with Gasteiger partial charge in [0, 0.05) is 29.7 Å². The molecule has 0 aliphatic heterocycles. The van der Waals surface area contributed by atoms with Crippen LogP contribution in [0.15, 0.2) is 59.5 Å². The largest absolute Gasteiger partial charge is 0.352 e. The third kappa shape index (κ3) is 2.86. The van der Waals surface area contributed by atoms with Crippen molar-refractivity contribution in [2.75, 3.05) is 0 Å². The molecule has 4 aromatic rings. The summed E-state index contributed by atoms with van der Waals surface area (Å²) in [5, 5.41) is 3.68. The second-order valence-electron chi connectivity index (χ2n) is 5.86. The van der Waals surface area contributed by atoms with E-state index in [2.05, 4.69) is 15.3 Å². The second-order valence-corrected chi connectivity index (χ2v) is 5.86. The molecule has 1 amide bonds. The molecule has 26 heavy (non-hydrogen) atoms. The molecule has 7 nitrogen and oxygen atoms in total. The maximum Gasteiger partial charge on any atom is 0.270 e. The zero-order valence-corrected chi connectivity index (χ0v) is 13.6. The number of aromatic nitrogens is 3. The molecule has 7 heteroatoms. The van der Waals surface area contributed by atoms with E-state index in [4.69, 9.17) is 0 Å². The van der Waals surface area contributed by atoms with Crippen LogP contribution < -0.4 is 10.9 Å². The molecule has 0 radical (unpaired) electrons. The van der Waals surface area contributed by atoms with Gasteiger partial charge >= 0.3 is 0 Å². The number of aldehydes is 1. The molecular weight excluding hydrogens is 332 g/mol. The lowest BCUT2D eigenvalue weighted by molar-refractivity contribution is 0.0945. The Morgan fingerprint density at radius 2 is 2.08 bits per heavy atom. The number of carbonyl (C=O) groups is 2. The van der Waals surface area contributed by atoms with Gasteiger partial charge in [-0.3, -0.25) is 18.8 Å². The number of aromatic amines is 1. The quantitative estimate of drug-likeness (QED) is 0.552. The van der Waals surface area contributed by atoms with Crippen LogP contribution >= 0.6 is 0 Å². The van der Waals surface area contributed by atoms with Gasteiger partial charge in [-0.2, -0.15) is 0 Å². The molecule has 3 aromatic heterocycles. The molecule has 0 aliphatic rings. The maximum absolute atomic E-state index is 12.4. The Balaban J connectivity index is 1.55. The Hall–Kier alpha value is -3.74. The van der Waals surface area contributed by atoms with Gasteiger partial charge in [-0.1, -0.05) is 18.2 Å². The van der Waals surface area contributed by atoms with Gasteiger partial charge in [0.25, 0.3) is 11.5 Å². The molecule has 0 unspecified atom stereocenters. The van der Waals surface area contributed by atoms with E-state index in [1.165, 1.54) is 10.5 Å². The van der Waals surface area contributed by atoms with E-state index in [0.29, 0.717) is 11.3 Å². The van der Waals surface area contributed by atoms with Crippen LogP contribution in [0.2, 0.25) is 0 Å². The highest BCUT2D eigenvalue weighted by atomic mass is 16.2. The molecule has 4 rings (SSSR count). The Morgan fingerprint density at radius 3 is 2.92 bits per heavy atom. The molecule has 0 spiro atoms. The summed E-state index contributed by atoms with van der Waals surface area (Å²) in [6, 6.07) is 13.7. The maximum atomic E-state index is 12.4. The Kier molecular flexibility index (Phi) is 3.81. The number of nitrogens with zero attached hydrogens (tertiary/aromatic N) is 2. The SMILES string of the molecule is O=Cc1cc2ccc(CNC(=O)c3cc(=O)n4ccccc4n3)cc2[nH]1. The summed E-state index contributed by atoms with van der Waals surface area (Å²) in [6.45, 7) is 0.278. The number of carbonyl (C=O) groups excluding carboxylic acids is 2. The molecule has 3 heterocycles. The van der Waals surface area contributed by atoms with Gasteiger partial charge in [0.2, 0.25) is 0 Å². The Bertz CT molecular complexity index is 1210. The molecule has 1 aromatic carbocycles. The standard InChI is InChI=1S/C19H14N4O3/c24-11-14-8-13-5-4-12(7-15(13)21-14)10-20-19(26)16-9-18(25)23-6-2-1-3-17(23)22-16/h1-9,11,21H,10H2,(H,20,26). The molecular formula is C19H14N4O3. The number of nitrogens with one attached hydrogen (secondary N) is 2. The monoisotopic (exact) mass is 346 g/mol. The van der Waals surface area contributed by atoms with Gasteiger partial charge < -0.3 is 10.3 Å². The van der Waals surface area contributed by atoms with Gasteiger partial charge in [-0.05, 0) is 29.8 Å². The second kappa shape index (κ2) is 6.29. The topological polar surface area (TPSA) is 96.3 Å². The normalized spacial score (nSPS) is 10.9. The molecule has 0 bridgehead atoms. The Morgan fingerprint density at radius 1 is 1.19 bits per heavy atom. The number of rotatable bonds is 4. The number of H-pyrrole nitrogens is 1. The van der Waals surface area contributed by atoms with Gasteiger partial charge in [0.1, 0.15) is 11.3 Å². The smallest absolute Gasteiger partial charge is 0.270 e. The molecule has 0 saturated heterocycles. The molecule has 128 valence electrons. The van der Waals surface area contributed by atoms with Crippen LogP contribution in [-0.4, -0.2) is 26.6 Å². The molecule has 0 aliphatic carbocycles. The van der Waals surface area contributed by atoms with E-state index in [1.54, 1.807) is 30.5 Å². The van der Waals surface area contributed by atoms with Gasteiger partial charge in [-0.15, -0.1) is 0 Å². The summed E-state index contributed by atoms with van der Waals surface area (Å²) in [6.07, 6.45) is 2.36. The number of pyridine rings is 1. The third-order valence-corrected chi connectivity index (χ3v) is 4.09. The van der Waals surface area contributed by atoms with Crippen LogP contribution in [0.5, 0.6) is 0 Å². The van der Waals surface area contributed by atoms with Crippen molar-refractivity contribution >= 4 is 28.7 Å². The molecule has 0 saturated carbocycles. The van der Waals surface area contributed by atoms with E-state index in [1.807, 2.05) is 18.2 Å². The highest BCUT2D eigenvalue weighted by molar-refractivity contribution is 5.92. The van der Waals surface area contributed by atoms with E-state index in [0.717, 1.165) is 22.8 Å². The minimum Gasteiger partial charge on any atom is -0.352 e. The molecule has 0 atom stereocenters.